The van der Waals surface area contributed by atoms with Crippen molar-refractivity contribution in [2.45, 2.75) is 38.4 Å². The monoisotopic (exact) mass is 273 g/mol. The number of hydrogen-bond donors (Lipinski definition) is 2. The van der Waals surface area contributed by atoms with Gasteiger partial charge in [0.1, 0.15) is 11.2 Å². The third kappa shape index (κ3) is 2.57. The Labute approximate surface area is 113 Å². The number of rotatable bonds is 2. The van der Waals surface area contributed by atoms with E-state index in [1.165, 1.54) is 4.90 Å². The Morgan fingerprint density at radius 1 is 1.42 bits per heavy atom. The van der Waals surface area contributed by atoms with E-state index in [9.17, 15) is 15.0 Å². The number of hydrogen-bond acceptors (Lipinski definition) is 5. The largest absolute Gasteiger partial charge is 0.444 e. The summed E-state index contributed by atoms with van der Waals surface area (Å²) in [5.41, 5.74) is -2.26. The number of nitrogens with zero attached hydrogens (tertiary/aromatic N) is 1. The lowest BCUT2D eigenvalue weighted by Gasteiger charge is -2.55. The molecule has 1 unspecified atom stereocenters. The Morgan fingerprint density at radius 3 is 2.47 bits per heavy atom. The molecule has 6 nitrogen and oxygen atoms in total. The van der Waals surface area contributed by atoms with Crippen molar-refractivity contribution in [3.05, 3.63) is 0 Å². The zero-order chi connectivity index (χ0) is 14.3. The van der Waals surface area contributed by atoms with E-state index < -0.39 is 22.7 Å². The summed E-state index contributed by atoms with van der Waals surface area (Å²) < 4.78 is 10.5. The minimum Gasteiger partial charge on any atom is -0.444 e. The summed E-state index contributed by atoms with van der Waals surface area (Å²) in [7, 11) is 0. The Morgan fingerprint density at radius 2 is 2.05 bits per heavy atom. The molecule has 0 aromatic rings. The lowest BCUT2D eigenvalue weighted by molar-refractivity contribution is -0.175. The molecule has 110 valence electrons. The fourth-order valence-electron chi connectivity index (χ4n) is 2.65. The first-order valence-corrected chi connectivity index (χ1v) is 6.60. The van der Waals surface area contributed by atoms with Crippen molar-refractivity contribution < 1.29 is 24.5 Å². The number of amides is 1. The maximum Gasteiger partial charge on any atom is 0.410 e. The van der Waals surface area contributed by atoms with Gasteiger partial charge in [0.15, 0.2) is 0 Å². The second-order valence-corrected chi connectivity index (χ2v) is 6.61. The van der Waals surface area contributed by atoms with Crippen molar-refractivity contribution in [2.75, 3.05) is 32.9 Å². The molecule has 1 amide bonds. The highest BCUT2D eigenvalue weighted by Crippen LogP contribution is 2.45. The highest BCUT2D eigenvalue weighted by atomic mass is 16.6. The highest BCUT2D eigenvalue weighted by Gasteiger charge is 2.60. The van der Waals surface area contributed by atoms with E-state index in [0.29, 0.717) is 26.1 Å². The standard InChI is InChI=1S/C13H23NO5/c1-11(2,3)19-10(16)14-6-12(7-14,8-15)13(17)4-5-18-9-13/h15,17H,4-9H2,1-3H3. The predicted molar refractivity (Wildman–Crippen MR) is 67.7 cm³/mol. The quantitative estimate of drug-likeness (QED) is 0.760. The third-order valence-corrected chi connectivity index (χ3v) is 3.93. The Hall–Kier alpha value is -0.850. The molecule has 0 spiro atoms. The van der Waals surface area contributed by atoms with Crippen LogP contribution < -0.4 is 0 Å². The topological polar surface area (TPSA) is 79.2 Å². The summed E-state index contributed by atoms with van der Waals surface area (Å²) in [6.07, 6.45) is 0.0921. The van der Waals surface area contributed by atoms with E-state index in [1.54, 1.807) is 0 Å². The van der Waals surface area contributed by atoms with Gasteiger partial charge in [-0.25, -0.2) is 4.79 Å². The van der Waals surface area contributed by atoms with Gasteiger partial charge in [-0.15, -0.1) is 0 Å². The molecule has 2 N–H and O–H groups in total. The first-order chi connectivity index (χ1) is 8.71. The van der Waals surface area contributed by atoms with Crippen molar-refractivity contribution in [2.24, 2.45) is 5.41 Å². The van der Waals surface area contributed by atoms with E-state index in [1.807, 2.05) is 20.8 Å². The molecule has 0 aliphatic carbocycles. The van der Waals surface area contributed by atoms with Gasteiger partial charge in [0.05, 0.1) is 18.6 Å². The zero-order valence-corrected chi connectivity index (χ0v) is 11.8. The average molecular weight is 273 g/mol. The minimum atomic E-state index is -1.04. The fourth-order valence-corrected chi connectivity index (χ4v) is 2.65. The number of aliphatic hydroxyl groups excluding tert-OH is 1. The number of aliphatic hydroxyl groups is 2. The van der Waals surface area contributed by atoms with Gasteiger partial charge in [-0.2, -0.15) is 0 Å². The van der Waals surface area contributed by atoms with Gasteiger partial charge in [0.2, 0.25) is 0 Å². The third-order valence-electron chi connectivity index (χ3n) is 3.93. The molecule has 2 aliphatic heterocycles. The summed E-state index contributed by atoms with van der Waals surface area (Å²) in [5, 5.41) is 20.1. The summed E-state index contributed by atoms with van der Waals surface area (Å²) >= 11 is 0. The summed E-state index contributed by atoms with van der Waals surface area (Å²) in [5.74, 6) is 0. The van der Waals surface area contributed by atoms with Crippen LogP contribution in [-0.2, 0) is 9.47 Å². The van der Waals surface area contributed by atoms with Crippen LogP contribution in [-0.4, -0.2) is 65.3 Å². The van der Waals surface area contributed by atoms with E-state index in [2.05, 4.69) is 0 Å². The molecule has 1 atom stereocenters. The molecule has 0 aromatic carbocycles. The molecule has 0 bridgehead atoms. The van der Waals surface area contributed by atoms with Crippen LogP contribution in [0.15, 0.2) is 0 Å². The predicted octanol–water partition coefficient (Wildman–Crippen LogP) is 0.367. The van der Waals surface area contributed by atoms with Crippen molar-refractivity contribution in [3.63, 3.8) is 0 Å². The maximum absolute atomic E-state index is 11.9. The molecule has 19 heavy (non-hydrogen) atoms. The summed E-state index contributed by atoms with van der Waals surface area (Å²) in [6, 6.07) is 0. The van der Waals surface area contributed by atoms with Crippen LogP contribution in [0.4, 0.5) is 4.79 Å². The van der Waals surface area contributed by atoms with Gasteiger partial charge in [0, 0.05) is 26.1 Å². The average Bonchev–Trinajstić information content (AvgIpc) is 2.62. The van der Waals surface area contributed by atoms with Crippen LogP contribution >= 0.6 is 0 Å². The smallest absolute Gasteiger partial charge is 0.410 e. The zero-order valence-electron chi connectivity index (χ0n) is 11.8. The van der Waals surface area contributed by atoms with Gasteiger partial charge in [-0.3, -0.25) is 0 Å². The molecular formula is C13H23NO5. The van der Waals surface area contributed by atoms with Gasteiger partial charge in [-0.05, 0) is 20.8 Å². The van der Waals surface area contributed by atoms with E-state index in [4.69, 9.17) is 9.47 Å². The maximum atomic E-state index is 11.9. The molecule has 6 heteroatoms. The summed E-state index contributed by atoms with van der Waals surface area (Å²) in [6.45, 7) is 6.58. The number of carbonyl (C=O) groups excluding carboxylic acids is 1. The summed E-state index contributed by atoms with van der Waals surface area (Å²) in [4.78, 5) is 13.4. The SMILES string of the molecule is CC(C)(C)OC(=O)N1CC(CO)(C2(O)CCOC2)C1. The first kappa shape index (κ1) is 14.6. The van der Waals surface area contributed by atoms with Crippen molar-refractivity contribution >= 4 is 6.09 Å². The van der Waals surface area contributed by atoms with Crippen LogP contribution in [0.25, 0.3) is 0 Å². The van der Waals surface area contributed by atoms with Crippen molar-refractivity contribution in [3.8, 4) is 0 Å². The molecule has 2 heterocycles. The van der Waals surface area contributed by atoms with Crippen LogP contribution in [0.3, 0.4) is 0 Å². The first-order valence-electron chi connectivity index (χ1n) is 6.60. The minimum absolute atomic E-state index is 0.161. The van der Waals surface area contributed by atoms with Crippen LogP contribution in [0.1, 0.15) is 27.2 Å². The lowest BCUT2D eigenvalue weighted by atomic mass is 9.66. The number of likely N-dealkylation sites (tertiary alicyclic amines) is 1. The second kappa shape index (κ2) is 4.61. The van der Waals surface area contributed by atoms with E-state index in [-0.39, 0.29) is 13.2 Å². The van der Waals surface area contributed by atoms with E-state index >= 15 is 0 Å². The molecule has 2 aliphatic rings. The fraction of sp³-hybridized carbons (Fsp3) is 0.923. The number of ether oxygens (including phenoxy) is 2. The highest BCUT2D eigenvalue weighted by molar-refractivity contribution is 5.69. The van der Waals surface area contributed by atoms with Crippen LogP contribution in [0, 0.1) is 5.41 Å². The van der Waals surface area contributed by atoms with Gasteiger partial charge in [0.25, 0.3) is 0 Å². The Kier molecular flexibility index (Phi) is 3.53. The Bertz CT molecular complexity index is 351. The molecule has 2 rings (SSSR count). The van der Waals surface area contributed by atoms with Crippen molar-refractivity contribution in [1.82, 2.24) is 4.90 Å². The molecule has 0 saturated carbocycles. The van der Waals surface area contributed by atoms with Crippen LogP contribution in [0.2, 0.25) is 0 Å². The molecular weight excluding hydrogens is 250 g/mol. The second-order valence-electron chi connectivity index (χ2n) is 6.61. The van der Waals surface area contributed by atoms with Gasteiger partial charge < -0.3 is 24.6 Å². The van der Waals surface area contributed by atoms with Crippen molar-refractivity contribution in [1.29, 1.82) is 0 Å². The normalized spacial score (nSPS) is 30.1. The molecule has 2 fully saturated rings. The van der Waals surface area contributed by atoms with Crippen LogP contribution in [0.5, 0.6) is 0 Å². The number of carbonyl (C=O) groups is 1. The Balaban J connectivity index is 1.98. The molecule has 0 radical (unpaired) electrons. The van der Waals surface area contributed by atoms with Gasteiger partial charge >= 0.3 is 6.09 Å². The van der Waals surface area contributed by atoms with Gasteiger partial charge in [-0.1, -0.05) is 0 Å². The molecule has 2 saturated heterocycles. The lowest BCUT2D eigenvalue weighted by Crippen LogP contribution is -2.70. The molecule has 0 aromatic heterocycles. The van der Waals surface area contributed by atoms with E-state index in [0.717, 1.165) is 0 Å².